The maximum Gasteiger partial charge on any atom is 0.0630 e. The predicted molar refractivity (Wildman–Crippen MR) is 118 cm³/mol. The van der Waals surface area contributed by atoms with Crippen LogP contribution in [0, 0.1) is 6.92 Å². The fourth-order valence-electron chi connectivity index (χ4n) is 3.69. The first-order valence-electron chi connectivity index (χ1n) is 9.23. The number of hydrogen-bond acceptors (Lipinski definition) is 2. The first kappa shape index (κ1) is 18.9. The summed E-state index contributed by atoms with van der Waals surface area (Å²) in [6.07, 6.45) is 5.51. The van der Waals surface area contributed by atoms with Gasteiger partial charge in [0.25, 0.3) is 0 Å². The molecular formula is C23H27BrN2. The summed E-state index contributed by atoms with van der Waals surface area (Å²) in [4.78, 5) is 7.18. The van der Waals surface area contributed by atoms with Crippen LogP contribution in [0.1, 0.15) is 50.8 Å². The monoisotopic (exact) mass is 410 g/mol. The highest BCUT2D eigenvalue weighted by Gasteiger charge is 2.30. The van der Waals surface area contributed by atoms with E-state index in [1.165, 1.54) is 28.0 Å². The van der Waals surface area contributed by atoms with Crippen LogP contribution in [0.3, 0.4) is 0 Å². The largest absolute Gasteiger partial charge is 0.362 e. The molecule has 0 saturated heterocycles. The molecule has 0 spiro atoms. The van der Waals surface area contributed by atoms with Crippen molar-refractivity contribution in [2.75, 3.05) is 11.4 Å². The van der Waals surface area contributed by atoms with Gasteiger partial charge >= 0.3 is 0 Å². The standard InChI is InChI=1S/C23H27BrN2/c1-6-11-26-22-12-16(2)18(13-21(22)17(3)14-23(26,4)5)15-25-20-9-7-19(24)8-10-20/h7-10,12-15H,6,11H2,1-5H3. The molecule has 0 atom stereocenters. The Morgan fingerprint density at radius 3 is 2.46 bits per heavy atom. The van der Waals surface area contributed by atoms with Crippen LogP contribution in [0.2, 0.25) is 0 Å². The van der Waals surface area contributed by atoms with Gasteiger partial charge in [0.2, 0.25) is 0 Å². The van der Waals surface area contributed by atoms with Gasteiger partial charge in [-0.05, 0) is 87.2 Å². The van der Waals surface area contributed by atoms with Gasteiger partial charge in [0, 0.05) is 28.5 Å². The number of halogens is 1. The van der Waals surface area contributed by atoms with E-state index in [9.17, 15) is 0 Å². The minimum Gasteiger partial charge on any atom is -0.362 e. The number of allylic oxidation sites excluding steroid dienone is 1. The highest BCUT2D eigenvalue weighted by Crippen LogP contribution is 2.40. The van der Waals surface area contributed by atoms with E-state index >= 15 is 0 Å². The molecule has 1 aliphatic rings. The molecule has 136 valence electrons. The molecule has 2 aromatic rings. The Hall–Kier alpha value is -1.87. The molecule has 0 N–H and O–H groups in total. The van der Waals surface area contributed by atoms with Crippen molar-refractivity contribution in [1.29, 1.82) is 0 Å². The summed E-state index contributed by atoms with van der Waals surface area (Å²) in [6.45, 7) is 12.3. The minimum absolute atomic E-state index is 0.0482. The molecule has 0 amide bonds. The number of nitrogens with zero attached hydrogens (tertiary/aromatic N) is 2. The van der Waals surface area contributed by atoms with Crippen molar-refractivity contribution in [3.05, 3.63) is 63.6 Å². The van der Waals surface area contributed by atoms with E-state index in [4.69, 9.17) is 0 Å². The molecule has 0 unspecified atom stereocenters. The summed E-state index contributed by atoms with van der Waals surface area (Å²) >= 11 is 3.47. The molecule has 1 aliphatic heterocycles. The second kappa shape index (κ2) is 7.40. The van der Waals surface area contributed by atoms with Gasteiger partial charge in [-0.3, -0.25) is 4.99 Å². The summed E-state index contributed by atoms with van der Waals surface area (Å²) in [6, 6.07) is 12.7. The average molecular weight is 411 g/mol. The van der Waals surface area contributed by atoms with Gasteiger partial charge in [-0.25, -0.2) is 0 Å². The molecule has 0 saturated carbocycles. The smallest absolute Gasteiger partial charge is 0.0630 e. The van der Waals surface area contributed by atoms with Crippen LogP contribution in [0.15, 0.2) is 51.9 Å². The van der Waals surface area contributed by atoms with Gasteiger partial charge in [-0.15, -0.1) is 0 Å². The number of fused-ring (bicyclic) bond motifs is 1. The zero-order chi connectivity index (χ0) is 18.9. The van der Waals surface area contributed by atoms with E-state index in [0.717, 1.165) is 23.1 Å². The van der Waals surface area contributed by atoms with Crippen LogP contribution in [-0.2, 0) is 0 Å². The van der Waals surface area contributed by atoms with Crippen molar-refractivity contribution >= 4 is 39.1 Å². The third-order valence-electron chi connectivity index (χ3n) is 4.99. The first-order chi connectivity index (χ1) is 12.3. The SMILES string of the molecule is CCCN1c2cc(C)c(C=Nc3ccc(Br)cc3)cc2C(C)=CC1(C)C. The normalized spacial score (nSPS) is 15.9. The Morgan fingerprint density at radius 2 is 1.81 bits per heavy atom. The Kier molecular flexibility index (Phi) is 5.38. The molecule has 3 heteroatoms. The Balaban J connectivity index is 2.01. The van der Waals surface area contributed by atoms with Crippen molar-refractivity contribution in [1.82, 2.24) is 0 Å². The minimum atomic E-state index is 0.0482. The van der Waals surface area contributed by atoms with Crippen LogP contribution >= 0.6 is 15.9 Å². The van der Waals surface area contributed by atoms with Crippen molar-refractivity contribution < 1.29 is 0 Å². The number of aryl methyl sites for hydroxylation is 1. The van der Waals surface area contributed by atoms with Crippen LogP contribution in [0.25, 0.3) is 5.57 Å². The summed E-state index contributed by atoms with van der Waals surface area (Å²) in [5.41, 5.74) is 7.46. The van der Waals surface area contributed by atoms with Crippen molar-refractivity contribution in [2.45, 2.75) is 46.6 Å². The predicted octanol–water partition coefficient (Wildman–Crippen LogP) is 6.92. The average Bonchev–Trinajstić information content (AvgIpc) is 2.58. The van der Waals surface area contributed by atoms with Crippen molar-refractivity contribution in [3.8, 4) is 0 Å². The molecule has 0 bridgehead atoms. The van der Waals surface area contributed by atoms with E-state index < -0.39 is 0 Å². The van der Waals surface area contributed by atoms with Crippen LogP contribution in [0.5, 0.6) is 0 Å². The summed E-state index contributed by atoms with van der Waals surface area (Å²) in [5, 5.41) is 0. The molecule has 0 aliphatic carbocycles. The lowest BCUT2D eigenvalue weighted by atomic mass is 9.87. The van der Waals surface area contributed by atoms with E-state index in [-0.39, 0.29) is 5.54 Å². The maximum atomic E-state index is 4.66. The van der Waals surface area contributed by atoms with Gasteiger partial charge in [0.1, 0.15) is 0 Å². The van der Waals surface area contributed by atoms with E-state index in [0.29, 0.717) is 0 Å². The Labute approximate surface area is 165 Å². The Bertz CT molecular complexity index is 861. The zero-order valence-electron chi connectivity index (χ0n) is 16.3. The summed E-state index contributed by atoms with van der Waals surface area (Å²) in [7, 11) is 0. The number of hydrogen-bond donors (Lipinski definition) is 0. The van der Waals surface area contributed by atoms with Crippen LogP contribution < -0.4 is 4.90 Å². The highest BCUT2D eigenvalue weighted by atomic mass is 79.9. The van der Waals surface area contributed by atoms with Crippen molar-refractivity contribution in [3.63, 3.8) is 0 Å². The van der Waals surface area contributed by atoms with Gasteiger partial charge < -0.3 is 4.90 Å². The molecule has 0 aromatic heterocycles. The van der Waals surface area contributed by atoms with Gasteiger partial charge in [-0.2, -0.15) is 0 Å². The van der Waals surface area contributed by atoms with Gasteiger partial charge in [0.05, 0.1) is 11.2 Å². The molecule has 0 radical (unpaired) electrons. The maximum absolute atomic E-state index is 4.66. The molecule has 2 nitrogen and oxygen atoms in total. The molecule has 0 fully saturated rings. The quantitative estimate of drug-likeness (QED) is 0.499. The second-order valence-electron chi connectivity index (χ2n) is 7.59. The van der Waals surface area contributed by atoms with Crippen LogP contribution in [0.4, 0.5) is 11.4 Å². The number of benzene rings is 2. The number of aliphatic imine (C=N–C) groups is 1. The molecule has 3 rings (SSSR count). The van der Waals surface area contributed by atoms with Crippen LogP contribution in [-0.4, -0.2) is 18.3 Å². The van der Waals surface area contributed by atoms with E-state index in [2.05, 4.69) is 78.6 Å². The lowest BCUT2D eigenvalue weighted by Crippen LogP contribution is -2.45. The van der Waals surface area contributed by atoms with E-state index in [1.807, 2.05) is 30.5 Å². The van der Waals surface area contributed by atoms with Gasteiger partial charge in [-0.1, -0.05) is 28.9 Å². The summed E-state index contributed by atoms with van der Waals surface area (Å²) in [5.74, 6) is 0. The highest BCUT2D eigenvalue weighted by molar-refractivity contribution is 9.10. The lowest BCUT2D eigenvalue weighted by Gasteiger charge is -2.43. The molecular weight excluding hydrogens is 384 g/mol. The van der Waals surface area contributed by atoms with Crippen molar-refractivity contribution in [2.24, 2.45) is 4.99 Å². The first-order valence-corrected chi connectivity index (χ1v) is 10.0. The second-order valence-corrected chi connectivity index (χ2v) is 8.51. The zero-order valence-corrected chi connectivity index (χ0v) is 17.9. The Morgan fingerprint density at radius 1 is 1.12 bits per heavy atom. The fraction of sp³-hybridized carbons (Fsp3) is 0.348. The molecule has 1 heterocycles. The fourth-order valence-corrected chi connectivity index (χ4v) is 3.95. The van der Waals surface area contributed by atoms with Gasteiger partial charge in [0.15, 0.2) is 0 Å². The topological polar surface area (TPSA) is 15.6 Å². The number of rotatable bonds is 4. The molecule has 2 aromatic carbocycles. The third-order valence-corrected chi connectivity index (χ3v) is 5.52. The number of anilines is 1. The lowest BCUT2D eigenvalue weighted by molar-refractivity contribution is 0.550. The summed E-state index contributed by atoms with van der Waals surface area (Å²) < 4.78 is 1.07. The third kappa shape index (κ3) is 3.78. The van der Waals surface area contributed by atoms with E-state index in [1.54, 1.807) is 0 Å². The molecule has 26 heavy (non-hydrogen) atoms.